The lowest BCUT2D eigenvalue weighted by atomic mass is 10.2. The van der Waals surface area contributed by atoms with Crippen molar-refractivity contribution < 1.29 is 27.9 Å². The predicted molar refractivity (Wildman–Crippen MR) is 88.6 cm³/mol. The first-order valence-electron chi connectivity index (χ1n) is 7.04. The van der Waals surface area contributed by atoms with Gasteiger partial charge >= 0.3 is 5.97 Å². The number of amides is 2. The molecule has 0 atom stereocenters. The van der Waals surface area contributed by atoms with Crippen LogP contribution in [0.25, 0.3) is 0 Å². The zero-order chi connectivity index (χ0) is 18.5. The summed E-state index contributed by atoms with van der Waals surface area (Å²) in [5, 5.41) is 13.1. The number of carboxylic acid groups (broad SMARTS) is 1. The van der Waals surface area contributed by atoms with Crippen LogP contribution < -0.4 is 10.6 Å². The van der Waals surface area contributed by atoms with Crippen LogP contribution >= 0.6 is 0 Å². The van der Waals surface area contributed by atoms with Crippen LogP contribution in [-0.2, 0) is 19.4 Å². The van der Waals surface area contributed by atoms with Crippen molar-refractivity contribution in [3.63, 3.8) is 0 Å². The van der Waals surface area contributed by atoms with E-state index in [4.69, 9.17) is 5.11 Å². The minimum Gasteiger partial charge on any atom is -0.480 e. The number of anilines is 1. The van der Waals surface area contributed by atoms with Crippen molar-refractivity contribution >= 4 is 33.3 Å². The number of nitrogens with one attached hydrogen (secondary N) is 2. The number of carbonyl (C=O) groups excluding carboxylic acids is 2. The average Bonchev–Trinajstić information content (AvgIpc) is 2.43. The molecule has 3 N–H and O–H groups in total. The number of carboxylic acids is 1. The third kappa shape index (κ3) is 5.65. The SMILES string of the molecule is CC(C)(C)S(=O)(=O)CC(=O)Nc1ccc(C(=O)NCC(=O)O)cc1. The molecule has 0 heterocycles. The average molecular weight is 356 g/mol. The van der Waals surface area contributed by atoms with Gasteiger partial charge in [-0.2, -0.15) is 0 Å². The molecule has 0 aliphatic heterocycles. The van der Waals surface area contributed by atoms with Gasteiger partial charge in [-0.15, -0.1) is 0 Å². The van der Waals surface area contributed by atoms with E-state index in [-0.39, 0.29) is 5.56 Å². The molecule has 8 nitrogen and oxygen atoms in total. The summed E-state index contributed by atoms with van der Waals surface area (Å²) in [4.78, 5) is 33.9. The molecule has 0 saturated carbocycles. The smallest absolute Gasteiger partial charge is 0.322 e. The van der Waals surface area contributed by atoms with Crippen molar-refractivity contribution in [3.8, 4) is 0 Å². The van der Waals surface area contributed by atoms with Gasteiger partial charge in [0.2, 0.25) is 5.91 Å². The van der Waals surface area contributed by atoms with E-state index in [0.717, 1.165) is 0 Å². The van der Waals surface area contributed by atoms with E-state index in [1.165, 1.54) is 45.0 Å². The first-order valence-corrected chi connectivity index (χ1v) is 8.70. The monoisotopic (exact) mass is 356 g/mol. The zero-order valence-electron chi connectivity index (χ0n) is 13.6. The lowest BCUT2D eigenvalue weighted by Crippen LogP contribution is -2.35. The van der Waals surface area contributed by atoms with Crippen molar-refractivity contribution in [2.45, 2.75) is 25.5 Å². The summed E-state index contributed by atoms with van der Waals surface area (Å²) in [5.41, 5.74) is 0.551. The third-order valence-corrected chi connectivity index (χ3v) is 5.59. The van der Waals surface area contributed by atoms with E-state index in [1.807, 2.05) is 0 Å². The van der Waals surface area contributed by atoms with Gasteiger partial charge in [-0.1, -0.05) is 0 Å². The van der Waals surface area contributed by atoms with Crippen LogP contribution in [0.15, 0.2) is 24.3 Å². The Morgan fingerprint density at radius 3 is 2.08 bits per heavy atom. The van der Waals surface area contributed by atoms with E-state index in [0.29, 0.717) is 5.69 Å². The van der Waals surface area contributed by atoms with Gasteiger partial charge in [0.15, 0.2) is 9.84 Å². The molecule has 1 rings (SSSR count). The summed E-state index contributed by atoms with van der Waals surface area (Å²) in [6, 6.07) is 5.64. The second kappa shape index (κ2) is 7.43. The Hall–Kier alpha value is -2.42. The maximum atomic E-state index is 12.0. The molecule has 0 aliphatic rings. The number of rotatable bonds is 6. The van der Waals surface area contributed by atoms with Gasteiger partial charge in [-0.3, -0.25) is 14.4 Å². The molecule has 0 aromatic heterocycles. The Labute approximate surface area is 140 Å². The summed E-state index contributed by atoms with van der Waals surface area (Å²) in [7, 11) is -3.59. The maximum Gasteiger partial charge on any atom is 0.322 e. The highest BCUT2D eigenvalue weighted by Crippen LogP contribution is 2.16. The maximum absolute atomic E-state index is 12.0. The normalized spacial score (nSPS) is 11.6. The molecule has 0 spiro atoms. The Bertz CT molecular complexity index is 732. The van der Waals surface area contributed by atoms with Crippen molar-refractivity contribution in [3.05, 3.63) is 29.8 Å². The molecule has 9 heteroatoms. The van der Waals surface area contributed by atoms with Gasteiger partial charge in [-0.25, -0.2) is 8.42 Å². The first kappa shape index (κ1) is 19.6. The minimum atomic E-state index is -3.59. The summed E-state index contributed by atoms with van der Waals surface area (Å²) >= 11 is 0. The van der Waals surface area contributed by atoms with Crippen LogP contribution in [0.5, 0.6) is 0 Å². The van der Waals surface area contributed by atoms with Crippen molar-refractivity contribution in [1.82, 2.24) is 5.32 Å². The first-order chi connectivity index (χ1) is 10.9. The second-order valence-corrected chi connectivity index (χ2v) is 8.82. The van der Waals surface area contributed by atoms with Gasteiger partial charge in [0.05, 0.1) is 4.75 Å². The van der Waals surface area contributed by atoms with Gasteiger partial charge in [-0.05, 0) is 45.0 Å². The highest BCUT2D eigenvalue weighted by molar-refractivity contribution is 7.93. The fourth-order valence-electron chi connectivity index (χ4n) is 1.55. The van der Waals surface area contributed by atoms with Crippen LogP contribution in [0.2, 0.25) is 0 Å². The Kier molecular flexibility index (Phi) is 6.08. The fourth-order valence-corrected chi connectivity index (χ4v) is 2.40. The van der Waals surface area contributed by atoms with E-state index >= 15 is 0 Å². The minimum absolute atomic E-state index is 0.219. The molecule has 1 aromatic carbocycles. The predicted octanol–water partition coefficient (Wildman–Crippen LogP) is 0.653. The largest absolute Gasteiger partial charge is 0.480 e. The molecule has 0 saturated heterocycles. The van der Waals surface area contributed by atoms with Crippen LogP contribution in [0.3, 0.4) is 0 Å². The number of hydrogen-bond acceptors (Lipinski definition) is 5. The second-order valence-electron chi connectivity index (χ2n) is 6.07. The van der Waals surface area contributed by atoms with E-state index in [1.54, 1.807) is 0 Å². The fraction of sp³-hybridized carbons (Fsp3) is 0.400. The van der Waals surface area contributed by atoms with Crippen LogP contribution in [0.1, 0.15) is 31.1 Å². The molecule has 2 amide bonds. The van der Waals surface area contributed by atoms with Gasteiger partial charge < -0.3 is 15.7 Å². The molecule has 0 radical (unpaired) electrons. The quantitative estimate of drug-likeness (QED) is 0.686. The number of benzene rings is 1. The van der Waals surface area contributed by atoms with Crippen molar-refractivity contribution in [1.29, 1.82) is 0 Å². The third-order valence-electron chi connectivity index (χ3n) is 3.09. The van der Waals surface area contributed by atoms with E-state index < -0.39 is 44.7 Å². The van der Waals surface area contributed by atoms with Crippen LogP contribution in [0.4, 0.5) is 5.69 Å². The molecule has 0 bridgehead atoms. The number of hydrogen-bond donors (Lipinski definition) is 3. The van der Waals surface area contributed by atoms with Gasteiger partial charge in [0, 0.05) is 11.3 Å². The Morgan fingerprint density at radius 1 is 1.08 bits per heavy atom. The summed E-state index contributed by atoms with van der Waals surface area (Å²) in [6.07, 6.45) is 0. The van der Waals surface area contributed by atoms with Crippen LogP contribution in [-0.4, -0.2) is 48.4 Å². The zero-order valence-corrected chi connectivity index (χ0v) is 14.4. The standard InChI is InChI=1S/C15H20N2O6S/c1-15(2,3)24(22,23)9-12(18)17-11-6-4-10(5-7-11)14(21)16-8-13(19)20/h4-7H,8-9H2,1-3H3,(H,16,21)(H,17,18)(H,19,20). The van der Waals surface area contributed by atoms with E-state index in [2.05, 4.69) is 10.6 Å². The topological polar surface area (TPSA) is 130 Å². The summed E-state index contributed by atoms with van der Waals surface area (Å²) < 4.78 is 22.9. The van der Waals surface area contributed by atoms with Crippen LogP contribution in [0, 0.1) is 0 Å². The van der Waals surface area contributed by atoms with Gasteiger partial charge in [0.25, 0.3) is 5.91 Å². The lowest BCUT2D eigenvalue weighted by Gasteiger charge is -2.18. The lowest BCUT2D eigenvalue weighted by molar-refractivity contribution is -0.135. The summed E-state index contributed by atoms with van der Waals surface area (Å²) in [5.74, 6) is -3.04. The van der Waals surface area contributed by atoms with Crippen molar-refractivity contribution in [2.75, 3.05) is 17.6 Å². The number of sulfone groups is 1. The highest BCUT2D eigenvalue weighted by Gasteiger charge is 2.31. The molecule has 24 heavy (non-hydrogen) atoms. The molecule has 0 fully saturated rings. The Morgan fingerprint density at radius 2 is 1.62 bits per heavy atom. The van der Waals surface area contributed by atoms with Crippen molar-refractivity contribution in [2.24, 2.45) is 0 Å². The molecule has 1 aromatic rings. The summed E-state index contributed by atoms with van der Waals surface area (Å²) in [6.45, 7) is 4.04. The molecular formula is C15H20N2O6S. The van der Waals surface area contributed by atoms with E-state index in [9.17, 15) is 22.8 Å². The molecule has 0 aliphatic carbocycles. The highest BCUT2D eigenvalue weighted by atomic mass is 32.2. The Balaban J connectivity index is 2.69. The number of carbonyl (C=O) groups is 3. The number of aliphatic carboxylic acids is 1. The molecule has 132 valence electrons. The molecule has 0 unspecified atom stereocenters. The van der Waals surface area contributed by atoms with Gasteiger partial charge in [0.1, 0.15) is 12.3 Å². The molecular weight excluding hydrogens is 336 g/mol.